The predicted octanol–water partition coefficient (Wildman–Crippen LogP) is 0.982. The van der Waals surface area contributed by atoms with Crippen LogP contribution in [0.2, 0.25) is 0 Å². The maximum atomic E-state index is 12.5. The molecule has 3 unspecified atom stereocenters. The Labute approximate surface area is 110 Å². The molecule has 1 heterocycles. The normalized spacial score (nSPS) is 32.8. The lowest BCUT2D eigenvalue weighted by Gasteiger charge is -2.35. The van der Waals surface area contributed by atoms with Crippen LogP contribution in [0, 0.1) is 17.8 Å². The Morgan fingerprint density at radius 1 is 1.28 bits per heavy atom. The Morgan fingerprint density at radius 3 is 2.83 bits per heavy atom. The number of aliphatic hydroxyl groups excluding tert-OH is 1. The number of carbonyl (C=O) groups excluding carboxylic acids is 1. The van der Waals surface area contributed by atoms with Gasteiger partial charge in [0.05, 0.1) is 0 Å². The van der Waals surface area contributed by atoms with Gasteiger partial charge in [-0.2, -0.15) is 0 Å². The lowest BCUT2D eigenvalue weighted by molar-refractivity contribution is -0.138. The quantitative estimate of drug-likeness (QED) is 0.786. The topological polar surface area (TPSA) is 66.6 Å². The van der Waals surface area contributed by atoms with Crippen molar-refractivity contribution in [1.82, 2.24) is 4.90 Å². The second-order valence-electron chi connectivity index (χ2n) is 5.84. The molecule has 4 heteroatoms. The van der Waals surface area contributed by atoms with Crippen LogP contribution in [0.1, 0.15) is 38.5 Å². The molecule has 0 aromatic heterocycles. The number of nitrogens with zero attached hydrogens (tertiary/aromatic N) is 1. The third-order valence-electron chi connectivity index (χ3n) is 4.65. The van der Waals surface area contributed by atoms with E-state index in [1.54, 1.807) is 0 Å². The van der Waals surface area contributed by atoms with Crippen molar-refractivity contribution in [3.8, 4) is 0 Å². The minimum Gasteiger partial charge on any atom is -0.396 e. The third-order valence-corrected chi connectivity index (χ3v) is 4.65. The summed E-state index contributed by atoms with van der Waals surface area (Å²) in [5.41, 5.74) is 5.76. The van der Waals surface area contributed by atoms with Gasteiger partial charge >= 0.3 is 0 Å². The second-order valence-corrected chi connectivity index (χ2v) is 5.84. The first-order chi connectivity index (χ1) is 8.76. The standard InChI is InChI=1S/C14H26N2O2/c15-9-12-4-1-5-13(12)14(18)16-7-2-3-11(10-16)6-8-17/h11-13,17H,1-10,15H2. The highest BCUT2D eigenvalue weighted by Gasteiger charge is 2.36. The van der Waals surface area contributed by atoms with Crippen molar-refractivity contribution in [3.63, 3.8) is 0 Å². The fourth-order valence-corrected chi connectivity index (χ4v) is 3.56. The van der Waals surface area contributed by atoms with E-state index in [0.717, 1.165) is 51.6 Å². The number of aliphatic hydroxyl groups is 1. The van der Waals surface area contributed by atoms with E-state index < -0.39 is 0 Å². The molecule has 2 rings (SSSR count). The predicted molar refractivity (Wildman–Crippen MR) is 70.9 cm³/mol. The van der Waals surface area contributed by atoms with Gasteiger partial charge in [0.25, 0.3) is 0 Å². The summed E-state index contributed by atoms with van der Waals surface area (Å²) in [6.07, 6.45) is 6.33. The summed E-state index contributed by atoms with van der Waals surface area (Å²) in [6, 6.07) is 0. The molecule has 18 heavy (non-hydrogen) atoms. The van der Waals surface area contributed by atoms with E-state index in [4.69, 9.17) is 10.8 Å². The zero-order valence-electron chi connectivity index (χ0n) is 11.2. The number of carbonyl (C=O) groups is 1. The van der Waals surface area contributed by atoms with Crippen LogP contribution in [-0.2, 0) is 4.79 Å². The Morgan fingerprint density at radius 2 is 2.11 bits per heavy atom. The maximum Gasteiger partial charge on any atom is 0.226 e. The van der Waals surface area contributed by atoms with Gasteiger partial charge in [0, 0.05) is 25.6 Å². The smallest absolute Gasteiger partial charge is 0.226 e. The molecule has 1 aliphatic carbocycles. The summed E-state index contributed by atoms with van der Waals surface area (Å²) in [4.78, 5) is 14.6. The Kier molecular flexibility index (Phi) is 5.01. The zero-order chi connectivity index (χ0) is 13.0. The average molecular weight is 254 g/mol. The number of amides is 1. The molecule has 104 valence electrons. The van der Waals surface area contributed by atoms with Crippen molar-refractivity contribution in [2.75, 3.05) is 26.2 Å². The van der Waals surface area contributed by atoms with E-state index >= 15 is 0 Å². The number of hydrogen-bond donors (Lipinski definition) is 2. The van der Waals surface area contributed by atoms with Crippen LogP contribution in [0.5, 0.6) is 0 Å². The van der Waals surface area contributed by atoms with Gasteiger partial charge in [-0.3, -0.25) is 4.79 Å². The van der Waals surface area contributed by atoms with Crippen LogP contribution in [0.15, 0.2) is 0 Å². The largest absolute Gasteiger partial charge is 0.396 e. The molecule has 3 N–H and O–H groups in total. The van der Waals surface area contributed by atoms with E-state index in [9.17, 15) is 4.79 Å². The Bertz CT molecular complexity index is 281. The summed E-state index contributed by atoms with van der Waals surface area (Å²) < 4.78 is 0. The molecule has 0 aromatic carbocycles. The molecule has 2 fully saturated rings. The van der Waals surface area contributed by atoms with Crippen molar-refractivity contribution in [1.29, 1.82) is 0 Å². The van der Waals surface area contributed by atoms with Gasteiger partial charge in [0.15, 0.2) is 0 Å². The van der Waals surface area contributed by atoms with Crippen molar-refractivity contribution < 1.29 is 9.90 Å². The first-order valence-electron chi connectivity index (χ1n) is 7.36. The molecule has 0 bridgehead atoms. The fourth-order valence-electron chi connectivity index (χ4n) is 3.56. The molecule has 4 nitrogen and oxygen atoms in total. The molecule has 0 radical (unpaired) electrons. The molecule has 3 atom stereocenters. The van der Waals surface area contributed by atoms with Crippen LogP contribution in [-0.4, -0.2) is 42.2 Å². The van der Waals surface area contributed by atoms with Crippen molar-refractivity contribution >= 4 is 5.91 Å². The highest BCUT2D eigenvalue weighted by molar-refractivity contribution is 5.79. The molecular formula is C14H26N2O2. The van der Waals surface area contributed by atoms with Crippen molar-refractivity contribution in [2.24, 2.45) is 23.5 Å². The monoisotopic (exact) mass is 254 g/mol. The van der Waals surface area contributed by atoms with Crippen LogP contribution in [0.3, 0.4) is 0 Å². The lowest BCUT2D eigenvalue weighted by Crippen LogP contribution is -2.44. The van der Waals surface area contributed by atoms with Gasteiger partial charge in [0.1, 0.15) is 0 Å². The van der Waals surface area contributed by atoms with Crippen LogP contribution >= 0.6 is 0 Å². The highest BCUT2D eigenvalue weighted by Crippen LogP contribution is 2.33. The zero-order valence-corrected chi connectivity index (χ0v) is 11.2. The van der Waals surface area contributed by atoms with Crippen molar-refractivity contribution in [2.45, 2.75) is 38.5 Å². The first-order valence-corrected chi connectivity index (χ1v) is 7.36. The molecule has 1 amide bonds. The molecular weight excluding hydrogens is 228 g/mol. The van der Waals surface area contributed by atoms with Crippen molar-refractivity contribution in [3.05, 3.63) is 0 Å². The van der Waals surface area contributed by atoms with Gasteiger partial charge in [-0.1, -0.05) is 6.42 Å². The number of rotatable bonds is 4. The molecule has 0 spiro atoms. The SMILES string of the molecule is NCC1CCCC1C(=O)N1CCCC(CCO)C1. The molecule has 2 aliphatic rings. The minimum absolute atomic E-state index is 0.169. The number of hydrogen-bond acceptors (Lipinski definition) is 3. The maximum absolute atomic E-state index is 12.5. The summed E-state index contributed by atoms with van der Waals surface area (Å²) in [5, 5.41) is 9.02. The Balaban J connectivity index is 1.91. The molecule has 1 saturated heterocycles. The van der Waals surface area contributed by atoms with Gasteiger partial charge < -0.3 is 15.7 Å². The molecule has 0 aromatic rings. The minimum atomic E-state index is 0.169. The molecule has 1 saturated carbocycles. The fraction of sp³-hybridized carbons (Fsp3) is 0.929. The summed E-state index contributed by atoms with van der Waals surface area (Å²) in [7, 11) is 0. The van der Waals surface area contributed by atoms with Gasteiger partial charge in [-0.25, -0.2) is 0 Å². The van der Waals surface area contributed by atoms with Crippen LogP contribution in [0.4, 0.5) is 0 Å². The average Bonchev–Trinajstić information content (AvgIpc) is 2.87. The second kappa shape index (κ2) is 6.53. The van der Waals surface area contributed by atoms with E-state index in [1.165, 1.54) is 0 Å². The van der Waals surface area contributed by atoms with Gasteiger partial charge in [-0.15, -0.1) is 0 Å². The van der Waals surface area contributed by atoms with Crippen LogP contribution in [0.25, 0.3) is 0 Å². The van der Waals surface area contributed by atoms with E-state index in [1.807, 2.05) is 4.90 Å². The summed E-state index contributed by atoms with van der Waals surface area (Å²) in [6.45, 7) is 2.62. The van der Waals surface area contributed by atoms with Gasteiger partial charge in [0.2, 0.25) is 5.91 Å². The number of likely N-dealkylation sites (tertiary alicyclic amines) is 1. The number of nitrogens with two attached hydrogens (primary N) is 1. The van der Waals surface area contributed by atoms with E-state index in [0.29, 0.717) is 24.3 Å². The van der Waals surface area contributed by atoms with E-state index in [2.05, 4.69) is 0 Å². The number of piperidine rings is 1. The molecule has 1 aliphatic heterocycles. The van der Waals surface area contributed by atoms with Crippen LogP contribution < -0.4 is 5.73 Å². The lowest BCUT2D eigenvalue weighted by atomic mass is 9.91. The third kappa shape index (κ3) is 3.04. The van der Waals surface area contributed by atoms with Gasteiger partial charge in [-0.05, 0) is 50.5 Å². The van der Waals surface area contributed by atoms with E-state index in [-0.39, 0.29) is 12.5 Å². The first kappa shape index (κ1) is 13.8. The Hall–Kier alpha value is -0.610. The summed E-state index contributed by atoms with van der Waals surface area (Å²) >= 11 is 0. The summed E-state index contributed by atoms with van der Waals surface area (Å²) in [5.74, 6) is 1.38. The highest BCUT2D eigenvalue weighted by atomic mass is 16.3.